The molecular weight excluding hydrogens is 360 g/mol. The first-order valence-corrected chi connectivity index (χ1v) is 5.85. The van der Waals surface area contributed by atoms with Crippen molar-refractivity contribution in [1.82, 2.24) is 0 Å². The molecule has 0 aromatic heterocycles. The van der Waals surface area contributed by atoms with E-state index in [-0.39, 0.29) is 5.33 Å². The molecule has 0 aliphatic rings. The number of ketones is 1. The molecule has 16 heavy (non-hydrogen) atoms. The van der Waals surface area contributed by atoms with Gasteiger partial charge < -0.3 is 0 Å². The van der Waals surface area contributed by atoms with Crippen molar-refractivity contribution in [2.24, 2.45) is 0 Å². The lowest BCUT2D eigenvalue weighted by atomic mass is 10.1. The Morgan fingerprint density at radius 1 is 1.31 bits per heavy atom. The predicted octanol–water partition coefficient (Wildman–Crippen LogP) is 4.18. The van der Waals surface area contributed by atoms with E-state index in [1.165, 1.54) is 0 Å². The van der Waals surface area contributed by atoms with Gasteiger partial charge in [0.1, 0.15) is 5.82 Å². The third-order valence-corrected chi connectivity index (χ3v) is 3.13. The molecule has 0 saturated carbocycles. The minimum atomic E-state index is -4.63. The molecule has 0 spiro atoms. The summed E-state index contributed by atoms with van der Waals surface area (Å²) in [5, 5.41) is -0.246. The van der Waals surface area contributed by atoms with Crippen LogP contribution in [-0.4, -0.2) is 11.1 Å². The van der Waals surface area contributed by atoms with Crippen molar-refractivity contribution >= 4 is 37.6 Å². The number of carbonyl (C=O) groups excluding carboxylic acids is 1. The summed E-state index contributed by atoms with van der Waals surface area (Å²) in [5.74, 6) is -1.74. The van der Waals surface area contributed by atoms with E-state index in [1.54, 1.807) is 0 Å². The maximum Gasteiger partial charge on any atom is 0.417 e. The Bertz CT molecular complexity index is 428. The number of carbonyl (C=O) groups is 1. The number of alkyl halides is 4. The lowest BCUT2D eigenvalue weighted by molar-refractivity contribution is -0.138. The Kier molecular flexibility index (Phi) is 4.12. The van der Waals surface area contributed by atoms with Crippen LogP contribution in [0.25, 0.3) is 0 Å². The molecule has 0 N–H and O–H groups in total. The molecular formula is C9H4Br2F4O. The molecule has 0 radical (unpaired) electrons. The second-order valence-electron chi connectivity index (χ2n) is 2.84. The topological polar surface area (TPSA) is 17.1 Å². The van der Waals surface area contributed by atoms with Gasteiger partial charge in [0.2, 0.25) is 0 Å². The van der Waals surface area contributed by atoms with Gasteiger partial charge in [-0.2, -0.15) is 13.2 Å². The van der Waals surface area contributed by atoms with Crippen LogP contribution in [0.3, 0.4) is 0 Å². The van der Waals surface area contributed by atoms with Gasteiger partial charge in [0.05, 0.1) is 16.5 Å². The number of Topliss-reactive ketones (excluding diaryl/α,β-unsaturated/α-hetero) is 1. The van der Waals surface area contributed by atoms with Crippen LogP contribution in [-0.2, 0) is 6.18 Å². The van der Waals surface area contributed by atoms with Crippen molar-refractivity contribution in [2.75, 3.05) is 5.33 Å². The number of hydrogen-bond acceptors (Lipinski definition) is 1. The molecule has 0 aliphatic carbocycles. The average molecular weight is 364 g/mol. The fourth-order valence-electron chi connectivity index (χ4n) is 1.09. The van der Waals surface area contributed by atoms with Gasteiger partial charge in [-0.1, -0.05) is 15.9 Å². The first-order chi connectivity index (χ1) is 7.29. The van der Waals surface area contributed by atoms with Gasteiger partial charge in [0.15, 0.2) is 5.78 Å². The molecule has 0 atom stereocenters. The Morgan fingerprint density at radius 3 is 2.31 bits per heavy atom. The van der Waals surface area contributed by atoms with Crippen LogP contribution in [0.5, 0.6) is 0 Å². The molecule has 0 fully saturated rings. The first-order valence-electron chi connectivity index (χ1n) is 3.93. The monoisotopic (exact) mass is 362 g/mol. The van der Waals surface area contributed by atoms with Crippen LogP contribution in [0.15, 0.2) is 16.6 Å². The van der Waals surface area contributed by atoms with Crippen molar-refractivity contribution in [2.45, 2.75) is 6.18 Å². The lowest BCUT2D eigenvalue weighted by Crippen LogP contribution is -2.12. The molecule has 0 amide bonds. The van der Waals surface area contributed by atoms with Gasteiger partial charge in [0.25, 0.3) is 0 Å². The summed E-state index contributed by atoms with van der Waals surface area (Å²) in [7, 11) is 0. The second kappa shape index (κ2) is 4.83. The SMILES string of the molecule is O=C(CBr)c1c(F)ccc(C(F)(F)F)c1Br. The van der Waals surface area contributed by atoms with Crippen LogP contribution < -0.4 is 0 Å². The molecule has 7 heteroatoms. The minimum Gasteiger partial charge on any atom is -0.293 e. The summed E-state index contributed by atoms with van der Waals surface area (Å²) in [4.78, 5) is 11.3. The van der Waals surface area contributed by atoms with E-state index < -0.39 is 33.4 Å². The fraction of sp³-hybridized carbons (Fsp3) is 0.222. The number of benzene rings is 1. The zero-order valence-electron chi connectivity index (χ0n) is 7.54. The van der Waals surface area contributed by atoms with E-state index in [9.17, 15) is 22.4 Å². The van der Waals surface area contributed by atoms with E-state index in [4.69, 9.17) is 0 Å². The molecule has 1 rings (SSSR count). The Labute approximate surface area is 105 Å². The molecule has 0 heterocycles. The van der Waals surface area contributed by atoms with E-state index >= 15 is 0 Å². The predicted molar refractivity (Wildman–Crippen MR) is 57.2 cm³/mol. The summed E-state index contributed by atoms with van der Waals surface area (Å²) >= 11 is 5.38. The number of rotatable bonds is 2. The highest BCUT2D eigenvalue weighted by Crippen LogP contribution is 2.37. The quantitative estimate of drug-likeness (QED) is 0.437. The maximum absolute atomic E-state index is 13.2. The van der Waals surface area contributed by atoms with Crippen LogP contribution in [0.2, 0.25) is 0 Å². The van der Waals surface area contributed by atoms with Gasteiger partial charge in [-0.15, -0.1) is 0 Å². The van der Waals surface area contributed by atoms with Gasteiger partial charge in [0, 0.05) is 4.47 Å². The zero-order valence-corrected chi connectivity index (χ0v) is 10.7. The molecule has 0 aliphatic heterocycles. The highest BCUT2D eigenvalue weighted by molar-refractivity contribution is 9.10. The number of hydrogen-bond donors (Lipinski definition) is 0. The lowest BCUT2D eigenvalue weighted by Gasteiger charge is -2.12. The maximum atomic E-state index is 13.2. The third-order valence-electron chi connectivity index (χ3n) is 1.80. The summed E-state index contributed by atoms with van der Waals surface area (Å²) < 4.78 is 50.0. The molecule has 1 nitrogen and oxygen atoms in total. The van der Waals surface area contributed by atoms with Crippen molar-refractivity contribution in [1.29, 1.82) is 0 Å². The van der Waals surface area contributed by atoms with Crippen molar-refractivity contribution < 1.29 is 22.4 Å². The highest BCUT2D eigenvalue weighted by atomic mass is 79.9. The Balaban J connectivity index is 3.45. The highest BCUT2D eigenvalue weighted by Gasteiger charge is 2.35. The van der Waals surface area contributed by atoms with Gasteiger partial charge in [-0.05, 0) is 28.1 Å². The van der Waals surface area contributed by atoms with Crippen molar-refractivity contribution in [3.05, 3.63) is 33.5 Å². The Morgan fingerprint density at radius 2 is 1.88 bits per heavy atom. The standard InChI is InChI=1S/C9H4Br2F4O/c10-3-6(16)7-5(12)2-1-4(8(7)11)9(13,14)15/h1-2H,3H2. The summed E-state index contributed by atoms with van der Waals surface area (Å²) in [6.07, 6.45) is -4.63. The number of halogens is 6. The van der Waals surface area contributed by atoms with Gasteiger partial charge in [-0.25, -0.2) is 4.39 Å². The normalized spacial score (nSPS) is 11.6. The van der Waals surface area contributed by atoms with E-state index in [1.807, 2.05) is 0 Å². The van der Waals surface area contributed by atoms with Crippen molar-refractivity contribution in [3.63, 3.8) is 0 Å². The second-order valence-corrected chi connectivity index (χ2v) is 4.19. The third kappa shape index (κ3) is 2.63. The average Bonchev–Trinajstić information content (AvgIpc) is 2.15. The van der Waals surface area contributed by atoms with Crippen LogP contribution in [0.4, 0.5) is 17.6 Å². The summed E-state index contributed by atoms with van der Waals surface area (Å²) in [5.41, 5.74) is -1.66. The van der Waals surface area contributed by atoms with Gasteiger partial charge in [-0.3, -0.25) is 4.79 Å². The molecule has 88 valence electrons. The molecule has 1 aromatic rings. The molecule has 0 saturated heterocycles. The first kappa shape index (κ1) is 13.6. The van der Waals surface area contributed by atoms with E-state index in [0.29, 0.717) is 12.1 Å². The Hall–Kier alpha value is -0.430. The summed E-state index contributed by atoms with van der Waals surface area (Å²) in [6, 6.07) is 1.22. The summed E-state index contributed by atoms with van der Waals surface area (Å²) in [6.45, 7) is 0. The minimum absolute atomic E-state index is 0.246. The fourth-order valence-corrected chi connectivity index (χ4v) is 2.14. The van der Waals surface area contributed by atoms with Crippen LogP contribution in [0.1, 0.15) is 15.9 Å². The van der Waals surface area contributed by atoms with E-state index in [2.05, 4.69) is 31.9 Å². The molecule has 0 bridgehead atoms. The molecule has 1 aromatic carbocycles. The van der Waals surface area contributed by atoms with Crippen LogP contribution in [0, 0.1) is 5.82 Å². The largest absolute Gasteiger partial charge is 0.417 e. The smallest absolute Gasteiger partial charge is 0.293 e. The van der Waals surface area contributed by atoms with Crippen LogP contribution >= 0.6 is 31.9 Å². The van der Waals surface area contributed by atoms with E-state index in [0.717, 1.165) is 0 Å². The molecule has 0 unspecified atom stereocenters. The zero-order chi connectivity index (χ0) is 12.5. The van der Waals surface area contributed by atoms with Crippen molar-refractivity contribution in [3.8, 4) is 0 Å². The van der Waals surface area contributed by atoms with Gasteiger partial charge >= 0.3 is 6.18 Å².